The van der Waals surface area contributed by atoms with Crippen molar-refractivity contribution in [1.82, 2.24) is 0 Å². The third-order valence-electron chi connectivity index (χ3n) is 1.57. The highest BCUT2D eigenvalue weighted by atomic mass is 16.7. The fraction of sp³-hybridized carbons (Fsp3) is 0.875. The molecule has 0 saturated carbocycles. The average Bonchev–Trinajstić information content (AvgIpc) is 1.86. The summed E-state index contributed by atoms with van der Waals surface area (Å²) in [5.41, 5.74) is 0. The van der Waals surface area contributed by atoms with E-state index < -0.39 is 6.16 Å². The molecule has 0 aliphatic carbocycles. The second-order valence-electron chi connectivity index (χ2n) is 2.95. The van der Waals surface area contributed by atoms with E-state index in [4.69, 9.17) is 5.11 Å². The summed E-state index contributed by atoms with van der Waals surface area (Å²) in [7, 11) is 0. The maximum Gasteiger partial charge on any atom is 0.506 e. The zero-order valence-electron chi connectivity index (χ0n) is 7.33. The van der Waals surface area contributed by atoms with E-state index in [1.54, 1.807) is 0 Å². The zero-order valence-corrected chi connectivity index (χ0v) is 7.33. The van der Waals surface area contributed by atoms with Crippen molar-refractivity contribution in [3.05, 3.63) is 0 Å². The zero-order chi connectivity index (χ0) is 8.85. The number of hydrogen-bond donors (Lipinski definition) is 1. The molecule has 3 heteroatoms. The van der Waals surface area contributed by atoms with Gasteiger partial charge in [0.25, 0.3) is 0 Å². The van der Waals surface area contributed by atoms with Gasteiger partial charge in [-0.2, -0.15) is 0 Å². The minimum absolute atomic E-state index is 0.141. The van der Waals surface area contributed by atoms with Crippen LogP contribution in [0.3, 0.4) is 0 Å². The maximum atomic E-state index is 10.2. The van der Waals surface area contributed by atoms with Crippen molar-refractivity contribution in [2.24, 2.45) is 5.92 Å². The van der Waals surface area contributed by atoms with Gasteiger partial charge in [0, 0.05) is 0 Å². The molecule has 0 spiro atoms. The third kappa shape index (κ3) is 4.65. The van der Waals surface area contributed by atoms with Gasteiger partial charge in [-0.3, -0.25) is 0 Å². The molecular weight excluding hydrogens is 144 g/mol. The summed E-state index contributed by atoms with van der Waals surface area (Å²) in [4.78, 5) is 10.2. The summed E-state index contributed by atoms with van der Waals surface area (Å²) < 4.78 is 4.67. The minimum Gasteiger partial charge on any atom is -0.450 e. The van der Waals surface area contributed by atoms with Crippen molar-refractivity contribution in [3.63, 3.8) is 0 Å². The number of carbonyl (C=O) groups is 1. The topological polar surface area (TPSA) is 46.5 Å². The summed E-state index contributed by atoms with van der Waals surface area (Å²) in [6.07, 6.45) is 0.453. The lowest BCUT2D eigenvalue weighted by Crippen LogP contribution is -2.22. The predicted molar refractivity (Wildman–Crippen MR) is 42.6 cm³/mol. The lowest BCUT2D eigenvalue weighted by Gasteiger charge is -2.18. The third-order valence-corrected chi connectivity index (χ3v) is 1.57. The lowest BCUT2D eigenvalue weighted by molar-refractivity contribution is 0.0275. The van der Waals surface area contributed by atoms with Gasteiger partial charge in [0.15, 0.2) is 0 Å². The van der Waals surface area contributed by atoms with Gasteiger partial charge in [-0.15, -0.1) is 0 Å². The Morgan fingerprint density at radius 1 is 1.55 bits per heavy atom. The standard InChI is InChI=1S/C8H16O3/c1-4-5-7(6(2)3)11-8(9)10/h6-7H,4-5H2,1-3H3,(H,9,10). The first-order chi connectivity index (χ1) is 5.07. The van der Waals surface area contributed by atoms with Crippen LogP contribution in [0.4, 0.5) is 4.79 Å². The van der Waals surface area contributed by atoms with Crippen molar-refractivity contribution in [2.45, 2.75) is 39.7 Å². The van der Waals surface area contributed by atoms with Gasteiger partial charge in [-0.1, -0.05) is 27.2 Å². The van der Waals surface area contributed by atoms with Crippen LogP contribution in [-0.2, 0) is 4.74 Å². The van der Waals surface area contributed by atoms with Crippen molar-refractivity contribution >= 4 is 6.16 Å². The van der Waals surface area contributed by atoms with Crippen LogP contribution in [0.1, 0.15) is 33.6 Å². The Balaban J connectivity index is 3.79. The van der Waals surface area contributed by atoms with Crippen LogP contribution in [0, 0.1) is 5.92 Å². The first-order valence-corrected chi connectivity index (χ1v) is 3.97. The summed E-state index contributed by atoms with van der Waals surface area (Å²) in [5, 5.41) is 8.34. The van der Waals surface area contributed by atoms with E-state index in [1.165, 1.54) is 0 Å². The van der Waals surface area contributed by atoms with Crippen LogP contribution in [-0.4, -0.2) is 17.4 Å². The molecular formula is C8H16O3. The van der Waals surface area contributed by atoms with Crippen molar-refractivity contribution < 1.29 is 14.6 Å². The highest BCUT2D eigenvalue weighted by molar-refractivity contribution is 5.57. The van der Waals surface area contributed by atoms with Crippen LogP contribution in [0.25, 0.3) is 0 Å². The molecule has 0 saturated heterocycles. The molecule has 1 unspecified atom stereocenters. The van der Waals surface area contributed by atoms with E-state index in [0.717, 1.165) is 12.8 Å². The Morgan fingerprint density at radius 2 is 2.09 bits per heavy atom. The van der Waals surface area contributed by atoms with Gasteiger partial charge in [-0.25, -0.2) is 4.79 Å². The smallest absolute Gasteiger partial charge is 0.450 e. The van der Waals surface area contributed by atoms with Gasteiger partial charge in [0.2, 0.25) is 0 Å². The van der Waals surface area contributed by atoms with E-state index in [0.29, 0.717) is 0 Å². The van der Waals surface area contributed by atoms with Crippen molar-refractivity contribution in [3.8, 4) is 0 Å². The summed E-state index contributed by atoms with van der Waals surface area (Å²) in [6.45, 7) is 5.94. The molecule has 66 valence electrons. The molecule has 3 nitrogen and oxygen atoms in total. The largest absolute Gasteiger partial charge is 0.506 e. The lowest BCUT2D eigenvalue weighted by atomic mass is 10.0. The molecule has 0 amide bonds. The Bertz CT molecular complexity index is 121. The van der Waals surface area contributed by atoms with Crippen LogP contribution in [0.15, 0.2) is 0 Å². The fourth-order valence-corrected chi connectivity index (χ4v) is 0.942. The molecule has 0 fully saturated rings. The molecule has 0 bridgehead atoms. The number of ether oxygens (including phenoxy) is 1. The summed E-state index contributed by atoms with van der Waals surface area (Å²) in [6, 6.07) is 0. The van der Waals surface area contributed by atoms with E-state index in [2.05, 4.69) is 4.74 Å². The first kappa shape index (κ1) is 10.3. The summed E-state index contributed by atoms with van der Waals surface area (Å²) in [5.74, 6) is 0.269. The second-order valence-corrected chi connectivity index (χ2v) is 2.95. The first-order valence-electron chi connectivity index (χ1n) is 3.97. The molecule has 11 heavy (non-hydrogen) atoms. The Hall–Kier alpha value is -0.730. The average molecular weight is 160 g/mol. The SMILES string of the molecule is CCCC(OC(=O)O)C(C)C. The molecule has 1 N–H and O–H groups in total. The highest BCUT2D eigenvalue weighted by Gasteiger charge is 2.15. The molecule has 0 heterocycles. The minimum atomic E-state index is -1.17. The van der Waals surface area contributed by atoms with E-state index >= 15 is 0 Å². The Kier molecular flexibility index (Phi) is 4.66. The molecule has 0 aromatic carbocycles. The van der Waals surface area contributed by atoms with Gasteiger partial charge < -0.3 is 9.84 Å². The summed E-state index contributed by atoms with van der Waals surface area (Å²) >= 11 is 0. The fourth-order valence-electron chi connectivity index (χ4n) is 0.942. The monoisotopic (exact) mass is 160 g/mol. The van der Waals surface area contributed by atoms with Gasteiger partial charge in [0.05, 0.1) is 0 Å². The second kappa shape index (κ2) is 4.99. The van der Waals surface area contributed by atoms with Gasteiger partial charge in [-0.05, 0) is 12.3 Å². The molecule has 1 atom stereocenters. The molecule has 0 aromatic heterocycles. The number of rotatable bonds is 4. The predicted octanol–water partition coefficient (Wildman–Crippen LogP) is 2.51. The van der Waals surface area contributed by atoms with Gasteiger partial charge in [0.1, 0.15) is 6.10 Å². The molecule has 0 aromatic rings. The maximum absolute atomic E-state index is 10.2. The van der Waals surface area contributed by atoms with Crippen LogP contribution >= 0.6 is 0 Å². The Morgan fingerprint density at radius 3 is 2.36 bits per heavy atom. The van der Waals surface area contributed by atoms with Crippen LogP contribution in [0.2, 0.25) is 0 Å². The molecule has 0 aliphatic heterocycles. The molecule has 0 aliphatic rings. The van der Waals surface area contributed by atoms with Gasteiger partial charge >= 0.3 is 6.16 Å². The number of carboxylic acid groups (broad SMARTS) is 1. The number of hydrogen-bond acceptors (Lipinski definition) is 2. The van der Waals surface area contributed by atoms with Crippen LogP contribution < -0.4 is 0 Å². The molecule has 0 rings (SSSR count). The van der Waals surface area contributed by atoms with E-state index in [9.17, 15) is 4.79 Å². The van der Waals surface area contributed by atoms with Crippen molar-refractivity contribution in [1.29, 1.82) is 0 Å². The quantitative estimate of drug-likeness (QED) is 0.643. The normalized spacial score (nSPS) is 13.1. The van der Waals surface area contributed by atoms with Crippen LogP contribution in [0.5, 0.6) is 0 Å². The molecule has 0 radical (unpaired) electrons. The highest BCUT2D eigenvalue weighted by Crippen LogP contribution is 2.12. The van der Waals surface area contributed by atoms with Crippen molar-refractivity contribution in [2.75, 3.05) is 0 Å². The van der Waals surface area contributed by atoms with E-state index in [1.807, 2.05) is 20.8 Å². The Labute approximate surface area is 67.4 Å². The van der Waals surface area contributed by atoms with E-state index in [-0.39, 0.29) is 12.0 Å².